The number of hydrogen-bond donors (Lipinski definition) is 2. The van der Waals surface area contributed by atoms with Gasteiger partial charge in [-0.1, -0.05) is 25.1 Å². The number of fused-ring (bicyclic) bond motifs is 1. The number of carbonyl (C=O) groups excluding carboxylic acids is 1. The predicted octanol–water partition coefficient (Wildman–Crippen LogP) is 5.27. The summed E-state index contributed by atoms with van der Waals surface area (Å²) in [4.78, 5) is 32.8. The van der Waals surface area contributed by atoms with Crippen LogP contribution in [0, 0.1) is 5.92 Å². The van der Waals surface area contributed by atoms with Crippen LogP contribution in [-0.4, -0.2) is 70.1 Å². The normalized spacial score (nSPS) is 15.9. The summed E-state index contributed by atoms with van der Waals surface area (Å²) in [7, 11) is 1.63. The Morgan fingerprint density at radius 1 is 1.07 bits per heavy atom. The lowest BCUT2D eigenvalue weighted by molar-refractivity contribution is 0.0964. The van der Waals surface area contributed by atoms with Crippen molar-refractivity contribution >= 4 is 22.6 Å². The molecular formula is C32H38FN7O. The Kier molecular flexibility index (Phi) is 9.14. The highest BCUT2D eigenvalue weighted by atomic mass is 19.1. The van der Waals surface area contributed by atoms with Crippen molar-refractivity contribution in [2.45, 2.75) is 45.2 Å². The molecule has 1 unspecified atom stereocenters. The van der Waals surface area contributed by atoms with Gasteiger partial charge in [-0.3, -0.25) is 14.8 Å². The molecule has 1 fully saturated rings. The number of pyridine rings is 2. The van der Waals surface area contributed by atoms with Crippen LogP contribution >= 0.6 is 0 Å². The van der Waals surface area contributed by atoms with Gasteiger partial charge in [0.05, 0.1) is 16.8 Å². The minimum atomic E-state index is -0.770. The Hall–Kier alpha value is -3.98. The van der Waals surface area contributed by atoms with E-state index in [0.29, 0.717) is 24.6 Å². The van der Waals surface area contributed by atoms with Crippen LogP contribution in [-0.2, 0) is 6.42 Å². The number of amides is 1. The third kappa shape index (κ3) is 7.03. The van der Waals surface area contributed by atoms with Crippen molar-refractivity contribution < 1.29 is 9.18 Å². The molecule has 8 nitrogen and oxygen atoms in total. The second-order valence-corrected chi connectivity index (χ2v) is 11.0. The highest BCUT2D eigenvalue weighted by Crippen LogP contribution is 2.27. The molecule has 2 N–H and O–H groups in total. The first-order valence-electron chi connectivity index (χ1n) is 14.4. The van der Waals surface area contributed by atoms with Crippen molar-refractivity contribution in [2.24, 2.45) is 5.92 Å². The molecule has 4 heterocycles. The molecule has 4 aromatic rings. The average Bonchev–Trinajstić information content (AvgIpc) is 3.00. The maximum atomic E-state index is 13.3. The summed E-state index contributed by atoms with van der Waals surface area (Å²) in [5.74, 6) is 1.32. The molecule has 1 aliphatic rings. The Morgan fingerprint density at radius 2 is 1.90 bits per heavy atom. The summed E-state index contributed by atoms with van der Waals surface area (Å²) < 4.78 is 13.3. The highest BCUT2D eigenvalue weighted by molar-refractivity contribution is 6.06. The lowest BCUT2D eigenvalue weighted by atomic mass is 9.91. The Bertz CT molecular complexity index is 1470. The topological polar surface area (TPSA) is 95.9 Å². The molecule has 2 atom stereocenters. The molecule has 214 valence electrons. The Labute approximate surface area is 240 Å². The molecule has 0 aliphatic carbocycles. The maximum Gasteiger partial charge on any atom is 0.251 e. The van der Waals surface area contributed by atoms with Gasteiger partial charge in [0, 0.05) is 61.2 Å². The number of piperidine rings is 1. The SMILES string of the molecule is CNC(=O)c1ccnc2c([C@H](C)CNc3cc(-c4ccc(CC5CCN(CC(C)F)CC5)nc4)ncn3)cccc12. The third-order valence-corrected chi connectivity index (χ3v) is 7.90. The number of alkyl halides is 1. The second kappa shape index (κ2) is 13.1. The van der Waals surface area contributed by atoms with Gasteiger partial charge in [-0.25, -0.2) is 14.4 Å². The van der Waals surface area contributed by atoms with Gasteiger partial charge in [0.25, 0.3) is 5.91 Å². The van der Waals surface area contributed by atoms with Crippen molar-refractivity contribution in [3.05, 3.63) is 78.0 Å². The molecule has 3 aromatic heterocycles. The van der Waals surface area contributed by atoms with Crippen LogP contribution in [0.4, 0.5) is 10.2 Å². The minimum absolute atomic E-state index is 0.123. The maximum absolute atomic E-state index is 13.3. The summed E-state index contributed by atoms with van der Waals surface area (Å²) in [6, 6.07) is 13.8. The summed E-state index contributed by atoms with van der Waals surface area (Å²) in [6.45, 7) is 6.86. The van der Waals surface area contributed by atoms with Crippen LogP contribution < -0.4 is 10.6 Å². The Balaban J connectivity index is 1.20. The fourth-order valence-corrected chi connectivity index (χ4v) is 5.63. The quantitative estimate of drug-likeness (QED) is 0.275. The van der Waals surface area contributed by atoms with Gasteiger partial charge in [-0.15, -0.1) is 0 Å². The first kappa shape index (κ1) is 28.5. The molecule has 41 heavy (non-hydrogen) atoms. The van der Waals surface area contributed by atoms with Crippen LogP contribution in [0.2, 0.25) is 0 Å². The number of nitrogens with zero attached hydrogens (tertiary/aromatic N) is 5. The van der Waals surface area contributed by atoms with Gasteiger partial charge in [-0.2, -0.15) is 0 Å². The molecule has 5 rings (SSSR count). The van der Waals surface area contributed by atoms with Crippen molar-refractivity contribution in [1.82, 2.24) is 30.2 Å². The smallest absolute Gasteiger partial charge is 0.251 e. The van der Waals surface area contributed by atoms with Crippen LogP contribution in [0.25, 0.3) is 22.2 Å². The molecule has 9 heteroatoms. The van der Waals surface area contributed by atoms with Crippen molar-refractivity contribution in [2.75, 3.05) is 38.5 Å². The van der Waals surface area contributed by atoms with Gasteiger partial charge in [0.1, 0.15) is 18.3 Å². The standard InChI is InChI=1S/C32H38FN7O/c1-21(26-5-4-6-27-28(32(41)34-3)9-12-35-31(26)27)17-37-30-16-29(38-20-39-30)24-7-8-25(36-18-24)15-23-10-13-40(14-11-23)19-22(2)33/h4-9,12,16,18,20-23H,10-11,13-15,17,19H2,1-3H3,(H,34,41)(H,37,38,39)/t21-,22?/m1/s1. The molecule has 1 aliphatic heterocycles. The number of para-hydroxylation sites is 1. The molecule has 0 saturated carbocycles. The number of rotatable bonds is 10. The lowest BCUT2D eigenvalue weighted by Gasteiger charge is -2.32. The number of carbonyl (C=O) groups is 1. The molecule has 0 spiro atoms. The number of aromatic nitrogens is 4. The highest BCUT2D eigenvalue weighted by Gasteiger charge is 2.21. The zero-order valence-corrected chi connectivity index (χ0v) is 24.0. The predicted molar refractivity (Wildman–Crippen MR) is 161 cm³/mol. The molecule has 1 amide bonds. The molecular weight excluding hydrogens is 517 g/mol. The zero-order chi connectivity index (χ0) is 28.8. The zero-order valence-electron chi connectivity index (χ0n) is 24.0. The number of hydrogen-bond acceptors (Lipinski definition) is 7. The third-order valence-electron chi connectivity index (χ3n) is 7.90. The van der Waals surface area contributed by atoms with Crippen LogP contribution in [0.5, 0.6) is 0 Å². The van der Waals surface area contributed by atoms with E-state index in [2.05, 4.69) is 55.6 Å². The van der Waals surface area contributed by atoms with Crippen LogP contribution in [0.3, 0.4) is 0 Å². The molecule has 1 aromatic carbocycles. The van der Waals surface area contributed by atoms with Crippen molar-refractivity contribution in [3.63, 3.8) is 0 Å². The largest absolute Gasteiger partial charge is 0.369 e. The van der Waals surface area contributed by atoms with E-state index in [9.17, 15) is 9.18 Å². The van der Waals surface area contributed by atoms with Gasteiger partial charge < -0.3 is 15.5 Å². The Morgan fingerprint density at radius 3 is 2.63 bits per heavy atom. The molecule has 0 radical (unpaired) electrons. The number of anilines is 1. The van der Waals surface area contributed by atoms with Gasteiger partial charge >= 0.3 is 0 Å². The van der Waals surface area contributed by atoms with Crippen LogP contribution in [0.1, 0.15) is 54.2 Å². The van der Waals surface area contributed by atoms with E-state index in [0.717, 1.165) is 71.6 Å². The van der Waals surface area contributed by atoms with E-state index >= 15 is 0 Å². The molecule has 1 saturated heterocycles. The fraction of sp³-hybridized carbons (Fsp3) is 0.406. The lowest BCUT2D eigenvalue weighted by Crippen LogP contribution is -2.37. The summed E-state index contributed by atoms with van der Waals surface area (Å²) in [5, 5.41) is 6.99. The second-order valence-electron chi connectivity index (χ2n) is 11.0. The van der Waals surface area contributed by atoms with E-state index in [1.54, 1.807) is 32.6 Å². The van der Waals surface area contributed by atoms with E-state index in [1.165, 1.54) is 0 Å². The fourth-order valence-electron chi connectivity index (χ4n) is 5.63. The summed E-state index contributed by atoms with van der Waals surface area (Å²) >= 11 is 0. The monoisotopic (exact) mass is 555 g/mol. The van der Waals surface area contributed by atoms with E-state index in [1.807, 2.05) is 24.4 Å². The van der Waals surface area contributed by atoms with E-state index < -0.39 is 6.17 Å². The van der Waals surface area contributed by atoms with Gasteiger partial charge in [-0.05, 0) is 69.0 Å². The minimum Gasteiger partial charge on any atom is -0.369 e. The first-order valence-corrected chi connectivity index (χ1v) is 14.4. The molecule has 0 bridgehead atoms. The van der Waals surface area contributed by atoms with Crippen molar-refractivity contribution in [1.29, 1.82) is 0 Å². The summed E-state index contributed by atoms with van der Waals surface area (Å²) in [5.41, 5.74) is 5.35. The van der Waals surface area contributed by atoms with Gasteiger partial charge in [0.15, 0.2) is 0 Å². The van der Waals surface area contributed by atoms with Crippen LogP contribution in [0.15, 0.2) is 61.2 Å². The van der Waals surface area contributed by atoms with Gasteiger partial charge in [0.2, 0.25) is 0 Å². The van der Waals surface area contributed by atoms with E-state index in [4.69, 9.17) is 4.98 Å². The number of benzene rings is 1. The number of halogens is 1. The first-order chi connectivity index (χ1) is 19.9. The summed E-state index contributed by atoms with van der Waals surface area (Å²) in [6.07, 6.45) is 7.48. The number of likely N-dealkylation sites (tertiary alicyclic amines) is 1. The van der Waals surface area contributed by atoms with E-state index in [-0.39, 0.29) is 11.8 Å². The number of nitrogens with one attached hydrogen (secondary N) is 2. The van der Waals surface area contributed by atoms with Crippen molar-refractivity contribution in [3.8, 4) is 11.3 Å². The average molecular weight is 556 g/mol.